The molecule has 5 nitrogen and oxygen atoms in total. The first kappa shape index (κ1) is 15.1. The number of rotatable bonds is 2. The van der Waals surface area contributed by atoms with Gasteiger partial charge in [-0.2, -0.15) is 0 Å². The first-order valence-electron chi connectivity index (χ1n) is 7.24. The van der Waals surface area contributed by atoms with E-state index in [9.17, 15) is 4.79 Å². The Kier molecular flexibility index (Phi) is 3.95. The molecule has 0 radical (unpaired) electrons. The van der Waals surface area contributed by atoms with Gasteiger partial charge < -0.3 is 14.4 Å². The lowest BCUT2D eigenvalue weighted by molar-refractivity contribution is 0.0730. The Balaban J connectivity index is 1.80. The van der Waals surface area contributed by atoms with Gasteiger partial charge in [0.05, 0.1) is 17.9 Å². The number of nitrogens with zero attached hydrogens (tertiary/aromatic N) is 4. The molecule has 0 spiro atoms. The van der Waals surface area contributed by atoms with Gasteiger partial charge >= 0.3 is 0 Å². The average Bonchev–Trinajstić information content (AvgIpc) is 2.81. The normalized spacial score (nSPS) is 13.9. The highest BCUT2D eigenvalue weighted by molar-refractivity contribution is 9.10. The molecule has 22 heavy (non-hydrogen) atoms. The fourth-order valence-electron chi connectivity index (χ4n) is 2.71. The van der Waals surface area contributed by atoms with Crippen molar-refractivity contribution < 1.29 is 4.79 Å². The average molecular weight is 363 g/mol. The summed E-state index contributed by atoms with van der Waals surface area (Å²) in [5.74, 6) is 0.0771. The molecule has 0 aliphatic carbocycles. The van der Waals surface area contributed by atoms with Crippen LogP contribution in [-0.4, -0.2) is 41.0 Å². The van der Waals surface area contributed by atoms with Gasteiger partial charge in [0, 0.05) is 45.4 Å². The lowest BCUT2D eigenvalue weighted by Crippen LogP contribution is -2.36. The van der Waals surface area contributed by atoms with Crippen LogP contribution < -0.4 is 4.90 Å². The third-order valence-electron chi connectivity index (χ3n) is 4.12. The number of imidazole rings is 1. The van der Waals surface area contributed by atoms with Gasteiger partial charge in [-0.05, 0) is 40.2 Å². The van der Waals surface area contributed by atoms with Gasteiger partial charge in [0.15, 0.2) is 4.73 Å². The van der Waals surface area contributed by atoms with E-state index in [1.54, 1.807) is 0 Å². The molecule has 116 valence electrons. The minimum absolute atomic E-state index is 0.0771. The summed E-state index contributed by atoms with van der Waals surface area (Å²) in [5, 5.41) is 0. The number of halogens is 1. The molecule has 0 unspecified atom stereocenters. The van der Waals surface area contributed by atoms with Crippen LogP contribution in [0.25, 0.3) is 0 Å². The van der Waals surface area contributed by atoms with Gasteiger partial charge in [-0.25, -0.2) is 4.98 Å². The molecule has 0 bridgehead atoms. The second-order valence-corrected chi connectivity index (χ2v) is 6.46. The van der Waals surface area contributed by atoms with Crippen molar-refractivity contribution >= 4 is 27.5 Å². The molecule has 0 saturated heterocycles. The fourth-order valence-corrected chi connectivity index (χ4v) is 3.14. The van der Waals surface area contributed by atoms with Crippen molar-refractivity contribution in [2.24, 2.45) is 7.05 Å². The molecule has 0 atom stereocenters. The van der Waals surface area contributed by atoms with Crippen LogP contribution in [0, 0.1) is 0 Å². The smallest absolute Gasteiger partial charge is 0.254 e. The number of hydrogen-bond donors (Lipinski definition) is 0. The Bertz CT molecular complexity index is 706. The van der Waals surface area contributed by atoms with Gasteiger partial charge in [-0.15, -0.1) is 0 Å². The third-order valence-corrected chi connectivity index (χ3v) is 4.83. The van der Waals surface area contributed by atoms with Gasteiger partial charge in [0.1, 0.15) is 0 Å². The molecular weight excluding hydrogens is 344 g/mol. The molecule has 1 aliphatic heterocycles. The molecule has 0 N–H and O–H groups in total. The Labute approximate surface area is 138 Å². The van der Waals surface area contributed by atoms with E-state index >= 15 is 0 Å². The number of fused-ring (bicyclic) bond motifs is 1. The first-order chi connectivity index (χ1) is 10.5. The van der Waals surface area contributed by atoms with Crippen molar-refractivity contribution in [2.45, 2.75) is 13.0 Å². The van der Waals surface area contributed by atoms with Gasteiger partial charge in [-0.3, -0.25) is 4.79 Å². The molecule has 2 aromatic rings. The standard InChI is InChI=1S/C16H19BrN4O/c1-19(2)12-6-4-11(5-7-12)15(22)21-9-8-13-14(10-21)20(3)16(17)18-13/h4-7H,8-10H2,1-3H3. The van der Waals surface area contributed by atoms with Crippen molar-refractivity contribution in [3.63, 3.8) is 0 Å². The molecule has 0 fully saturated rings. The van der Waals surface area contributed by atoms with Crippen LogP contribution in [0.3, 0.4) is 0 Å². The van der Waals surface area contributed by atoms with Crippen LogP contribution in [0.5, 0.6) is 0 Å². The van der Waals surface area contributed by atoms with Crippen LogP contribution in [0.15, 0.2) is 29.0 Å². The maximum Gasteiger partial charge on any atom is 0.254 e. The maximum atomic E-state index is 12.7. The quantitative estimate of drug-likeness (QED) is 0.823. The molecule has 2 heterocycles. The molecule has 3 rings (SSSR count). The van der Waals surface area contributed by atoms with Crippen LogP contribution in [0.1, 0.15) is 21.7 Å². The molecule has 1 amide bonds. The Morgan fingerprint density at radius 1 is 1.27 bits per heavy atom. The summed E-state index contributed by atoms with van der Waals surface area (Å²) in [6.45, 7) is 1.32. The van der Waals surface area contributed by atoms with E-state index in [4.69, 9.17) is 0 Å². The Morgan fingerprint density at radius 3 is 2.59 bits per heavy atom. The summed E-state index contributed by atoms with van der Waals surface area (Å²) in [5.41, 5.74) is 4.01. The van der Waals surface area contributed by atoms with Crippen LogP contribution >= 0.6 is 15.9 Å². The number of aromatic nitrogens is 2. The number of carbonyl (C=O) groups is 1. The molecule has 1 aromatic carbocycles. The van der Waals surface area contributed by atoms with E-state index in [-0.39, 0.29) is 5.91 Å². The number of carbonyl (C=O) groups excluding carboxylic acids is 1. The van der Waals surface area contributed by atoms with Crippen molar-refractivity contribution in [3.05, 3.63) is 46.0 Å². The maximum absolute atomic E-state index is 12.7. The largest absolute Gasteiger partial charge is 0.378 e. The second-order valence-electron chi connectivity index (χ2n) is 5.75. The summed E-state index contributed by atoms with van der Waals surface area (Å²) in [7, 11) is 5.95. The summed E-state index contributed by atoms with van der Waals surface area (Å²) in [4.78, 5) is 21.1. The van der Waals surface area contributed by atoms with Gasteiger partial charge in [0.25, 0.3) is 5.91 Å². The van der Waals surface area contributed by atoms with Crippen molar-refractivity contribution in [2.75, 3.05) is 25.5 Å². The summed E-state index contributed by atoms with van der Waals surface area (Å²) in [6, 6.07) is 7.74. The van der Waals surface area contributed by atoms with E-state index in [1.165, 1.54) is 0 Å². The van der Waals surface area contributed by atoms with Crippen molar-refractivity contribution in [1.29, 1.82) is 0 Å². The second kappa shape index (κ2) is 5.76. The van der Waals surface area contributed by atoms with E-state index in [2.05, 4.69) is 20.9 Å². The van der Waals surface area contributed by atoms with E-state index in [0.29, 0.717) is 13.1 Å². The lowest BCUT2D eigenvalue weighted by Gasteiger charge is -2.27. The fraction of sp³-hybridized carbons (Fsp3) is 0.375. The summed E-state index contributed by atoms with van der Waals surface area (Å²) in [6.07, 6.45) is 0.802. The minimum atomic E-state index is 0.0771. The monoisotopic (exact) mass is 362 g/mol. The summed E-state index contributed by atoms with van der Waals surface area (Å²) >= 11 is 3.44. The van der Waals surface area contributed by atoms with Crippen LogP contribution in [0.4, 0.5) is 5.69 Å². The highest BCUT2D eigenvalue weighted by Crippen LogP contribution is 2.23. The molecule has 0 saturated carbocycles. The van der Waals surface area contributed by atoms with Crippen LogP contribution in [0.2, 0.25) is 0 Å². The molecule has 1 aliphatic rings. The topological polar surface area (TPSA) is 41.4 Å². The number of anilines is 1. The SMILES string of the molecule is CN(C)c1ccc(C(=O)N2CCc3nc(Br)n(C)c3C2)cc1. The van der Waals surface area contributed by atoms with Crippen molar-refractivity contribution in [3.8, 4) is 0 Å². The van der Waals surface area contributed by atoms with E-state index < -0.39 is 0 Å². The number of benzene rings is 1. The predicted molar refractivity (Wildman–Crippen MR) is 90.1 cm³/mol. The zero-order valence-corrected chi connectivity index (χ0v) is 14.6. The molecule has 1 aromatic heterocycles. The van der Waals surface area contributed by atoms with Crippen molar-refractivity contribution in [1.82, 2.24) is 14.5 Å². The van der Waals surface area contributed by atoms with E-state index in [1.807, 2.05) is 59.8 Å². The highest BCUT2D eigenvalue weighted by Gasteiger charge is 2.25. The number of amides is 1. The van der Waals surface area contributed by atoms with Gasteiger partial charge in [0.2, 0.25) is 0 Å². The summed E-state index contributed by atoms with van der Waals surface area (Å²) < 4.78 is 2.83. The Morgan fingerprint density at radius 2 is 1.95 bits per heavy atom. The highest BCUT2D eigenvalue weighted by atomic mass is 79.9. The Hall–Kier alpha value is -1.82. The molecular formula is C16H19BrN4O. The third kappa shape index (κ3) is 2.63. The zero-order valence-electron chi connectivity index (χ0n) is 13.0. The number of hydrogen-bond acceptors (Lipinski definition) is 3. The minimum Gasteiger partial charge on any atom is -0.378 e. The lowest BCUT2D eigenvalue weighted by atomic mass is 10.1. The molecule has 6 heteroatoms. The van der Waals surface area contributed by atoms with Crippen LogP contribution in [-0.2, 0) is 20.0 Å². The predicted octanol–water partition coefficient (Wildman–Crippen LogP) is 2.45. The van der Waals surface area contributed by atoms with Gasteiger partial charge in [-0.1, -0.05) is 0 Å². The van der Waals surface area contributed by atoms with E-state index in [0.717, 1.165) is 33.8 Å². The zero-order chi connectivity index (χ0) is 15.9. The first-order valence-corrected chi connectivity index (χ1v) is 8.03.